The molecule has 2 heteroatoms. The molecule has 1 saturated carbocycles. The first-order chi connectivity index (χ1) is 9.50. The van der Waals surface area contributed by atoms with Crippen molar-refractivity contribution in [2.45, 2.75) is 38.5 Å². The standard InChI is InChI=1S/C18H20Cl2/c1-18(2)11-5-8-15(18)17(20)14-9-10-16(19)13-7-4-3-6-12(13)14/h3-4,6-7,9-10,15,17H,5,8,11H2,1-2H3. The molecule has 2 unspecified atom stereocenters. The molecule has 106 valence electrons. The zero-order valence-electron chi connectivity index (χ0n) is 12.0. The van der Waals surface area contributed by atoms with Gasteiger partial charge in [-0.1, -0.05) is 62.2 Å². The van der Waals surface area contributed by atoms with Crippen LogP contribution in [0.25, 0.3) is 10.8 Å². The fraction of sp³-hybridized carbons (Fsp3) is 0.444. The Kier molecular flexibility index (Phi) is 3.73. The van der Waals surface area contributed by atoms with E-state index in [1.165, 1.54) is 30.2 Å². The summed E-state index contributed by atoms with van der Waals surface area (Å²) in [5.74, 6) is 0.536. The lowest BCUT2D eigenvalue weighted by molar-refractivity contribution is 0.252. The number of hydrogen-bond donors (Lipinski definition) is 0. The largest absolute Gasteiger partial charge is 0.117 e. The maximum absolute atomic E-state index is 6.89. The quantitative estimate of drug-likeness (QED) is 0.548. The van der Waals surface area contributed by atoms with Gasteiger partial charge in [0.15, 0.2) is 0 Å². The van der Waals surface area contributed by atoms with Gasteiger partial charge in [-0.3, -0.25) is 0 Å². The van der Waals surface area contributed by atoms with E-state index in [9.17, 15) is 0 Å². The summed E-state index contributed by atoms with van der Waals surface area (Å²) in [6, 6.07) is 12.4. The summed E-state index contributed by atoms with van der Waals surface area (Å²) in [5.41, 5.74) is 1.55. The number of halogens is 2. The second kappa shape index (κ2) is 5.24. The van der Waals surface area contributed by atoms with E-state index in [1.807, 2.05) is 12.1 Å². The van der Waals surface area contributed by atoms with Crippen molar-refractivity contribution in [3.63, 3.8) is 0 Å². The molecular formula is C18H20Cl2. The van der Waals surface area contributed by atoms with Crippen LogP contribution in [-0.4, -0.2) is 0 Å². The predicted octanol–water partition coefficient (Wildman–Crippen LogP) is 6.60. The highest BCUT2D eigenvalue weighted by molar-refractivity contribution is 6.35. The van der Waals surface area contributed by atoms with Gasteiger partial charge in [0.2, 0.25) is 0 Å². The molecule has 3 rings (SSSR count). The molecule has 0 N–H and O–H groups in total. The van der Waals surface area contributed by atoms with E-state index in [0.29, 0.717) is 11.3 Å². The summed E-state index contributed by atoms with van der Waals surface area (Å²) < 4.78 is 0. The maximum Gasteiger partial charge on any atom is 0.0624 e. The summed E-state index contributed by atoms with van der Waals surface area (Å²) in [7, 11) is 0. The van der Waals surface area contributed by atoms with Gasteiger partial charge >= 0.3 is 0 Å². The smallest absolute Gasteiger partial charge is 0.0624 e. The summed E-state index contributed by atoms with van der Waals surface area (Å²) in [6.07, 6.45) is 3.77. The van der Waals surface area contributed by atoms with Crippen molar-refractivity contribution in [1.82, 2.24) is 0 Å². The number of fused-ring (bicyclic) bond motifs is 1. The molecule has 0 heterocycles. The average molecular weight is 307 g/mol. The van der Waals surface area contributed by atoms with Crippen LogP contribution in [0.15, 0.2) is 36.4 Å². The van der Waals surface area contributed by atoms with Gasteiger partial charge in [-0.05, 0) is 41.2 Å². The van der Waals surface area contributed by atoms with E-state index < -0.39 is 0 Å². The Hall–Kier alpha value is -0.720. The molecule has 0 aliphatic heterocycles. The Labute approximate surface area is 131 Å². The van der Waals surface area contributed by atoms with Crippen LogP contribution in [0.4, 0.5) is 0 Å². The van der Waals surface area contributed by atoms with Gasteiger partial charge < -0.3 is 0 Å². The fourth-order valence-electron chi connectivity index (χ4n) is 3.64. The summed E-state index contributed by atoms with van der Waals surface area (Å²) >= 11 is 13.2. The van der Waals surface area contributed by atoms with Crippen molar-refractivity contribution in [2.75, 3.05) is 0 Å². The lowest BCUT2D eigenvalue weighted by atomic mass is 9.77. The third-order valence-electron chi connectivity index (χ3n) is 4.89. The van der Waals surface area contributed by atoms with Crippen LogP contribution in [-0.2, 0) is 0 Å². The van der Waals surface area contributed by atoms with Crippen LogP contribution >= 0.6 is 23.2 Å². The van der Waals surface area contributed by atoms with Crippen molar-refractivity contribution in [2.24, 2.45) is 11.3 Å². The topological polar surface area (TPSA) is 0 Å². The molecule has 0 nitrogen and oxygen atoms in total. The van der Waals surface area contributed by atoms with E-state index in [2.05, 4.69) is 38.1 Å². The Morgan fingerprint density at radius 1 is 1.10 bits per heavy atom. The fourth-order valence-corrected chi connectivity index (χ4v) is 4.52. The first-order valence-corrected chi connectivity index (χ1v) is 8.13. The third kappa shape index (κ3) is 2.34. The number of alkyl halides is 1. The van der Waals surface area contributed by atoms with Gasteiger partial charge in [0, 0.05) is 10.4 Å². The van der Waals surface area contributed by atoms with Gasteiger partial charge in [0.05, 0.1) is 5.38 Å². The lowest BCUT2D eigenvalue weighted by Crippen LogP contribution is -2.21. The zero-order chi connectivity index (χ0) is 14.3. The van der Waals surface area contributed by atoms with Gasteiger partial charge in [-0.25, -0.2) is 0 Å². The van der Waals surface area contributed by atoms with Crippen LogP contribution in [0.3, 0.4) is 0 Å². The SMILES string of the molecule is CC1(C)CCCC1C(Cl)c1ccc(Cl)c2ccccc12. The van der Waals surface area contributed by atoms with Crippen LogP contribution < -0.4 is 0 Å². The van der Waals surface area contributed by atoms with Crippen molar-refractivity contribution in [3.05, 3.63) is 47.0 Å². The first kappa shape index (κ1) is 14.2. The Balaban J connectivity index is 2.08. The summed E-state index contributed by atoms with van der Waals surface area (Å²) in [6.45, 7) is 4.69. The highest BCUT2D eigenvalue weighted by Crippen LogP contribution is 2.52. The molecule has 20 heavy (non-hydrogen) atoms. The molecule has 0 amide bonds. The molecule has 1 aliphatic carbocycles. The molecule has 0 radical (unpaired) electrons. The van der Waals surface area contributed by atoms with Crippen LogP contribution in [0.5, 0.6) is 0 Å². The summed E-state index contributed by atoms with van der Waals surface area (Å²) in [4.78, 5) is 0. The average Bonchev–Trinajstić information content (AvgIpc) is 2.78. The monoisotopic (exact) mass is 306 g/mol. The van der Waals surface area contributed by atoms with Crippen molar-refractivity contribution >= 4 is 34.0 Å². The molecule has 0 spiro atoms. The second-order valence-electron chi connectivity index (χ2n) is 6.57. The Bertz CT molecular complexity index is 630. The molecule has 0 bridgehead atoms. The second-order valence-corrected chi connectivity index (χ2v) is 7.45. The molecular weight excluding hydrogens is 287 g/mol. The van der Waals surface area contributed by atoms with E-state index in [4.69, 9.17) is 23.2 Å². The minimum absolute atomic E-state index is 0.0645. The van der Waals surface area contributed by atoms with Crippen molar-refractivity contribution in [1.29, 1.82) is 0 Å². The van der Waals surface area contributed by atoms with E-state index >= 15 is 0 Å². The summed E-state index contributed by atoms with van der Waals surface area (Å²) in [5, 5.41) is 3.17. The lowest BCUT2D eigenvalue weighted by Gasteiger charge is -2.31. The molecule has 2 aromatic carbocycles. The highest BCUT2D eigenvalue weighted by Gasteiger charge is 2.39. The van der Waals surface area contributed by atoms with E-state index in [-0.39, 0.29) is 5.38 Å². The van der Waals surface area contributed by atoms with E-state index in [0.717, 1.165) is 10.4 Å². The molecule has 1 aliphatic rings. The molecule has 1 fully saturated rings. The highest BCUT2D eigenvalue weighted by atomic mass is 35.5. The molecule has 2 atom stereocenters. The minimum Gasteiger partial charge on any atom is -0.117 e. The first-order valence-electron chi connectivity index (χ1n) is 7.32. The van der Waals surface area contributed by atoms with E-state index in [1.54, 1.807) is 0 Å². The van der Waals surface area contributed by atoms with Gasteiger partial charge in [0.1, 0.15) is 0 Å². The number of hydrogen-bond acceptors (Lipinski definition) is 0. The van der Waals surface area contributed by atoms with Crippen molar-refractivity contribution in [3.8, 4) is 0 Å². The van der Waals surface area contributed by atoms with Crippen LogP contribution in [0, 0.1) is 11.3 Å². The zero-order valence-corrected chi connectivity index (χ0v) is 13.5. The van der Waals surface area contributed by atoms with Crippen LogP contribution in [0.2, 0.25) is 5.02 Å². The normalized spacial score (nSPS) is 23.1. The van der Waals surface area contributed by atoms with Crippen molar-refractivity contribution < 1.29 is 0 Å². The van der Waals surface area contributed by atoms with Gasteiger partial charge in [0.25, 0.3) is 0 Å². The minimum atomic E-state index is 0.0645. The Morgan fingerprint density at radius 2 is 1.80 bits per heavy atom. The van der Waals surface area contributed by atoms with Crippen LogP contribution in [0.1, 0.15) is 44.1 Å². The van der Waals surface area contributed by atoms with Gasteiger partial charge in [-0.2, -0.15) is 0 Å². The van der Waals surface area contributed by atoms with Gasteiger partial charge in [-0.15, -0.1) is 11.6 Å². The number of benzene rings is 2. The third-order valence-corrected chi connectivity index (χ3v) is 5.76. The molecule has 0 aromatic heterocycles. The number of rotatable bonds is 2. The maximum atomic E-state index is 6.89. The molecule has 0 saturated heterocycles. The molecule has 2 aromatic rings. The Morgan fingerprint density at radius 3 is 2.45 bits per heavy atom. The predicted molar refractivity (Wildman–Crippen MR) is 88.7 cm³/mol.